The molecular formula is C9H21O4P. The maximum absolute atomic E-state index is 11.9. The molecule has 0 aromatic carbocycles. The van der Waals surface area contributed by atoms with Crippen LogP contribution in [0.25, 0.3) is 0 Å². The summed E-state index contributed by atoms with van der Waals surface area (Å²) in [7, 11) is -2.88. The van der Waals surface area contributed by atoms with E-state index in [2.05, 4.69) is 0 Å². The Labute approximate surface area is 86.5 Å². The molecule has 0 rings (SSSR count). The smallest absolute Gasteiger partial charge is 0.332 e. The molecule has 5 heteroatoms. The van der Waals surface area contributed by atoms with E-state index in [1.165, 1.54) is 0 Å². The normalized spacial score (nSPS) is 11.9. The van der Waals surface area contributed by atoms with Crippen LogP contribution < -0.4 is 0 Å². The van der Waals surface area contributed by atoms with Gasteiger partial charge in [-0.15, -0.1) is 0 Å². The fourth-order valence-electron chi connectivity index (χ4n) is 0.983. The Morgan fingerprint density at radius 1 is 1.00 bits per heavy atom. The fourth-order valence-corrected chi connectivity index (χ4v) is 2.45. The first-order valence-electron chi connectivity index (χ1n) is 5.14. The van der Waals surface area contributed by atoms with Crippen molar-refractivity contribution < 1.29 is 18.3 Å². The molecule has 0 atom stereocenters. The third-order valence-corrected chi connectivity index (χ3v) is 3.54. The topological polar surface area (TPSA) is 44.8 Å². The molecule has 0 bridgehead atoms. The molecule has 0 aromatic rings. The van der Waals surface area contributed by atoms with Crippen LogP contribution in [0, 0.1) is 0 Å². The molecule has 0 aliphatic heterocycles. The molecular weight excluding hydrogens is 203 g/mol. The Morgan fingerprint density at radius 3 is 2.00 bits per heavy atom. The maximum Gasteiger partial charge on any atom is 0.332 e. The van der Waals surface area contributed by atoms with Crippen LogP contribution in [0.1, 0.15) is 27.2 Å². The van der Waals surface area contributed by atoms with Crippen molar-refractivity contribution >= 4 is 7.60 Å². The predicted octanol–water partition coefficient (Wildman–Crippen LogP) is 2.68. The number of hydrogen-bond acceptors (Lipinski definition) is 4. The zero-order chi connectivity index (χ0) is 10.9. The minimum atomic E-state index is -2.88. The highest BCUT2D eigenvalue weighted by molar-refractivity contribution is 7.53. The van der Waals surface area contributed by atoms with Gasteiger partial charge in [-0.3, -0.25) is 4.57 Å². The minimum Gasteiger partial charge on any atom is -0.381 e. The Morgan fingerprint density at radius 2 is 1.57 bits per heavy atom. The molecule has 0 radical (unpaired) electrons. The quantitative estimate of drug-likeness (QED) is 0.446. The zero-order valence-electron chi connectivity index (χ0n) is 9.32. The van der Waals surface area contributed by atoms with Gasteiger partial charge in [0.2, 0.25) is 0 Å². The first-order valence-corrected chi connectivity index (χ1v) is 6.87. The van der Waals surface area contributed by atoms with Gasteiger partial charge >= 0.3 is 7.60 Å². The second-order valence-electron chi connectivity index (χ2n) is 2.78. The second kappa shape index (κ2) is 8.42. The number of hydrogen-bond donors (Lipinski definition) is 0. The number of ether oxygens (including phenoxy) is 1. The summed E-state index contributed by atoms with van der Waals surface area (Å²) in [5.74, 6) is 0. The van der Waals surface area contributed by atoms with Crippen molar-refractivity contribution in [1.82, 2.24) is 0 Å². The van der Waals surface area contributed by atoms with E-state index < -0.39 is 7.60 Å². The average molecular weight is 224 g/mol. The molecule has 0 aliphatic rings. The Kier molecular flexibility index (Phi) is 8.49. The van der Waals surface area contributed by atoms with Gasteiger partial charge in [0.05, 0.1) is 26.0 Å². The van der Waals surface area contributed by atoms with Crippen LogP contribution in [0.5, 0.6) is 0 Å². The van der Waals surface area contributed by atoms with Crippen molar-refractivity contribution in [2.45, 2.75) is 27.2 Å². The third-order valence-electron chi connectivity index (χ3n) is 1.51. The van der Waals surface area contributed by atoms with Crippen molar-refractivity contribution in [3.63, 3.8) is 0 Å². The molecule has 0 saturated carbocycles. The van der Waals surface area contributed by atoms with Crippen molar-refractivity contribution in [3.8, 4) is 0 Å². The summed E-state index contributed by atoms with van der Waals surface area (Å²) in [5, 5.41) is 0. The van der Waals surface area contributed by atoms with E-state index in [0.717, 1.165) is 6.42 Å². The van der Waals surface area contributed by atoms with Crippen molar-refractivity contribution in [3.05, 3.63) is 0 Å². The lowest BCUT2D eigenvalue weighted by molar-refractivity contribution is 0.140. The van der Waals surface area contributed by atoms with Crippen LogP contribution in [0.2, 0.25) is 0 Å². The lowest BCUT2D eigenvalue weighted by Crippen LogP contribution is -2.06. The molecule has 0 heterocycles. The van der Waals surface area contributed by atoms with Gasteiger partial charge in [-0.1, -0.05) is 6.92 Å². The highest BCUT2D eigenvalue weighted by Gasteiger charge is 2.22. The maximum atomic E-state index is 11.9. The van der Waals surface area contributed by atoms with Gasteiger partial charge in [-0.2, -0.15) is 0 Å². The molecule has 0 fully saturated rings. The first-order chi connectivity index (χ1) is 6.68. The van der Waals surface area contributed by atoms with Gasteiger partial charge in [0.25, 0.3) is 0 Å². The standard InChI is InChI=1S/C9H21O4P/c1-4-7-11-8-9-14(10,12-5-2)13-6-3/h4-9H2,1-3H3. The number of rotatable bonds is 9. The molecule has 0 aromatic heterocycles. The monoisotopic (exact) mass is 224 g/mol. The predicted molar refractivity (Wildman–Crippen MR) is 56.8 cm³/mol. The Bertz CT molecular complexity index is 162. The van der Waals surface area contributed by atoms with Gasteiger partial charge < -0.3 is 13.8 Å². The van der Waals surface area contributed by atoms with Crippen LogP contribution in [0.3, 0.4) is 0 Å². The summed E-state index contributed by atoms with van der Waals surface area (Å²) in [6.45, 7) is 7.58. The molecule has 86 valence electrons. The highest BCUT2D eigenvalue weighted by Crippen LogP contribution is 2.47. The molecule has 0 spiro atoms. The molecule has 0 unspecified atom stereocenters. The lowest BCUT2D eigenvalue weighted by atomic mass is 10.5. The molecule has 0 aliphatic carbocycles. The van der Waals surface area contributed by atoms with E-state index in [-0.39, 0.29) is 0 Å². The molecule has 0 saturated heterocycles. The van der Waals surface area contributed by atoms with Crippen molar-refractivity contribution in [2.24, 2.45) is 0 Å². The van der Waals surface area contributed by atoms with Gasteiger partial charge in [0, 0.05) is 6.61 Å². The summed E-state index contributed by atoms with van der Waals surface area (Å²) in [5.41, 5.74) is 0. The SMILES string of the molecule is CCCOCCP(=O)(OCC)OCC. The van der Waals surface area contributed by atoms with E-state index >= 15 is 0 Å². The van der Waals surface area contributed by atoms with E-state index in [0.29, 0.717) is 32.6 Å². The Hall–Kier alpha value is 0.110. The minimum absolute atomic E-state index is 0.342. The van der Waals surface area contributed by atoms with Crippen LogP contribution in [0.15, 0.2) is 0 Å². The molecule has 0 amide bonds. The summed E-state index contributed by atoms with van der Waals surface area (Å²) < 4.78 is 27.3. The third kappa shape index (κ3) is 6.55. The van der Waals surface area contributed by atoms with Crippen molar-refractivity contribution in [1.29, 1.82) is 0 Å². The lowest BCUT2D eigenvalue weighted by Gasteiger charge is -2.16. The summed E-state index contributed by atoms with van der Waals surface area (Å²) in [6.07, 6.45) is 1.31. The van der Waals surface area contributed by atoms with Crippen LogP contribution in [-0.2, 0) is 18.3 Å². The highest BCUT2D eigenvalue weighted by atomic mass is 31.2. The second-order valence-corrected chi connectivity index (χ2v) is 4.97. The molecule has 0 N–H and O–H groups in total. The van der Waals surface area contributed by atoms with E-state index in [4.69, 9.17) is 13.8 Å². The van der Waals surface area contributed by atoms with Crippen molar-refractivity contribution in [2.75, 3.05) is 32.6 Å². The van der Waals surface area contributed by atoms with E-state index in [1.54, 1.807) is 13.8 Å². The average Bonchev–Trinajstić information content (AvgIpc) is 2.13. The van der Waals surface area contributed by atoms with Crippen LogP contribution in [-0.4, -0.2) is 32.6 Å². The van der Waals surface area contributed by atoms with Gasteiger partial charge in [0.1, 0.15) is 0 Å². The largest absolute Gasteiger partial charge is 0.381 e. The first kappa shape index (κ1) is 14.1. The molecule has 14 heavy (non-hydrogen) atoms. The van der Waals surface area contributed by atoms with Gasteiger partial charge in [-0.25, -0.2) is 0 Å². The molecule has 4 nitrogen and oxygen atoms in total. The zero-order valence-corrected chi connectivity index (χ0v) is 10.2. The summed E-state index contributed by atoms with van der Waals surface area (Å²) >= 11 is 0. The van der Waals surface area contributed by atoms with Gasteiger partial charge in [-0.05, 0) is 20.3 Å². The Balaban J connectivity index is 3.78. The van der Waals surface area contributed by atoms with Crippen LogP contribution in [0.4, 0.5) is 0 Å². The van der Waals surface area contributed by atoms with E-state index in [1.807, 2.05) is 6.92 Å². The fraction of sp³-hybridized carbons (Fsp3) is 1.00. The van der Waals surface area contributed by atoms with Gasteiger partial charge in [0.15, 0.2) is 0 Å². The summed E-state index contributed by atoms with van der Waals surface area (Å²) in [6, 6.07) is 0. The van der Waals surface area contributed by atoms with E-state index in [9.17, 15) is 4.57 Å². The van der Waals surface area contributed by atoms with Crippen LogP contribution >= 0.6 is 7.60 Å². The summed E-state index contributed by atoms with van der Waals surface area (Å²) in [4.78, 5) is 0.